The molecule has 0 aliphatic heterocycles. The molecule has 0 aromatic heterocycles. The van der Waals surface area contributed by atoms with Crippen molar-refractivity contribution >= 4 is 27.3 Å². The Labute approximate surface area is 145 Å². The van der Waals surface area contributed by atoms with Gasteiger partial charge in [0, 0.05) is 11.8 Å². The minimum absolute atomic E-state index is 0.206. The zero-order valence-electron chi connectivity index (χ0n) is 13.7. The van der Waals surface area contributed by atoms with E-state index in [9.17, 15) is 22.0 Å². The first kappa shape index (κ1) is 18.9. The average Bonchev–Trinajstić information content (AvgIpc) is 2.51. The molecule has 2 aromatic rings. The Bertz CT molecular complexity index is 868. The van der Waals surface area contributed by atoms with Crippen LogP contribution < -0.4 is 10.0 Å². The summed E-state index contributed by atoms with van der Waals surface area (Å²) in [4.78, 5) is 12.1. The van der Waals surface area contributed by atoms with Crippen LogP contribution in [0.1, 0.15) is 12.5 Å². The molecule has 25 heavy (non-hydrogen) atoms. The first-order valence-corrected chi connectivity index (χ1v) is 9.14. The predicted molar refractivity (Wildman–Crippen MR) is 92.7 cm³/mol. The van der Waals surface area contributed by atoms with Gasteiger partial charge in [-0.25, -0.2) is 17.2 Å². The number of anilines is 2. The van der Waals surface area contributed by atoms with E-state index < -0.39 is 39.2 Å². The molecule has 2 N–H and O–H groups in total. The van der Waals surface area contributed by atoms with Crippen LogP contribution in [0.4, 0.5) is 20.2 Å². The Balaban J connectivity index is 2.00. The topological polar surface area (TPSA) is 75.3 Å². The first-order chi connectivity index (χ1) is 11.7. The molecule has 0 saturated heterocycles. The highest BCUT2D eigenvalue weighted by molar-refractivity contribution is 7.92. The summed E-state index contributed by atoms with van der Waals surface area (Å²) in [5.41, 5.74) is 1.17. The Hall–Kier alpha value is -2.48. The van der Waals surface area contributed by atoms with E-state index in [0.717, 1.165) is 17.7 Å². The van der Waals surface area contributed by atoms with Gasteiger partial charge in [-0.05, 0) is 31.2 Å². The van der Waals surface area contributed by atoms with E-state index in [1.54, 1.807) is 24.3 Å². The molecule has 0 radical (unpaired) electrons. The fourth-order valence-corrected chi connectivity index (χ4v) is 3.48. The van der Waals surface area contributed by atoms with Gasteiger partial charge in [-0.3, -0.25) is 9.52 Å². The van der Waals surface area contributed by atoms with Gasteiger partial charge in [-0.2, -0.15) is 0 Å². The van der Waals surface area contributed by atoms with Crippen LogP contribution in [-0.4, -0.2) is 20.1 Å². The van der Waals surface area contributed by atoms with Gasteiger partial charge < -0.3 is 5.32 Å². The first-order valence-electron chi connectivity index (χ1n) is 7.49. The highest BCUT2D eigenvalue weighted by Gasteiger charge is 2.22. The van der Waals surface area contributed by atoms with Gasteiger partial charge >= 0.3 is 0 Å². The molecular weight excluding hydrogens is 350 g/mol. The fraction of sp³-hybridized carbons (Fsp3) is 0.235. The monoisotopic (exact) mass is 368 g/mol. The number of rotatable bonds is 6. The van der Waals surface area contributed by atoms with Crippen LogP contribution in [-0.2, 0) is 14.8 Å². The molecule has 0 aliphatic carbocycles. The van der Waals surface area contributed by atoms with Gasteiger partial charge in [0.15, 0.2) is 0 Å². The SMILES string of the molecule is Cc1ccc(NS(=O)(=O)CC(C)C(=O)Nc2ccc(F)cc2F)cc1. The number of benzene rings is 2. The molecule has 8 heteroatoms. The normalized spacial score (nSPS) is 12.5. The van der Waals surface area contributed by atoms with Gasteiger partial charge in [0.05, 0.1) is 17.4 Å². The van der Waals surface area contributed by atoms with Gasteiger partial charge in [0.25, 0.3) is 0 Å². The largest absolute Gasteiger partial charge is 0.323 e. The van der Waals surface area contributed by atoms with Crippen LogP contribution in [0.25, 0.3) is 0 Å². The molecule has 1 atom stereocenters. The zero-order chi connectivity index (χ0) is 18.6. The van der Waals surface area contributed by atoms with Crippen LogP contribution in [0.15, 0.2) is 42.5 Å². The summed E-state index contributed by atoms with van der Waals surface area (Å²) in [7, 11) is -3.77. The van der Waals surface area contributed by atoms with E-state index in [1.165, 1.54) is 6.92 Å². The molecule has 1 unspecified atom stereocenters. The highest BCUT2D eigenvalue weighted by Crippen LogP contribution is 2.17. The standard InChI is InChI=1S/C17H18F2N2O3S/c1-11-3-6-14(7-4-11)21-25(23,24)10-12(2)17(22)20-16-8-5-13(18)9-15(16)19/h3-9,12,21H,10H2,1-2H3,(H,20,22). The summed E-state index contributed by atoms with van der Waals surface area (Å²) < 4.78 is 53.1. The maximum atomic E-state index is 13.5. The minimum atomic E-state index is -3.77. The van der Waals surface area contributed by atoms with Crippen molar-refractivity contribution in [3.05, 3.63) is 59.7 Å². The van der Waals surface area contributed by atoms with Crippen LogP contribution >= 0.6 is 0 Å². The molecule has 0 aliphatic rings. The van der Waals surface area contributed by atoms with Crippen molar-refractivity contribution < 1.29 is 22.0 Å². The number of carbonyl (C=O) groups is 1. The van der Waals surface area contributed by atoms with Crippen molar-refractivity contribution in [2.45, 2.75) is 13.8 Å². The Kier molecular flexibility index (Phi) is 5.73. The van der Waals surface area contributed by atoms with Crippen molar-refractivity contribution in [1.82, 2.24) is 0 Å². The second kappa shape index (κ2) is 7.60. The van der Waals surface area contributed by atoms with Gasteiger partial charge in [0.2, 0.25) is 15.9 Å². The summed E-state index contributed by atoms with van der Waals surface area (Å²) in [6.07, 6.45) is 0. The molecular formula is C17H18F2N2O3S. The molecule has 0 saturated carbocycles. The third-order valence-corrected chi connectivity index (χ3v) is 4.92. The summed E-state index contributed by atoms with van der Waals surface area (Å²) >= 11 is 0. The number of sulfonamides is 1. The van der Waals surface area contributed by atoms with Crippen molar-refractivity contribution in [3.8, 4) is 0 Å². The molecule has 0 bridgehead atoms. The number of hydrogen-bond acceptors (Lipinski definition) is 3. The fourth-order valence-electron chi connectivity index (χ4n) is 2.09. The number of aryl methyl sites for hydroxylation is 1. The molecule has 0 fully saturated rings. The average molecular weight is 368 g/mol. The van der Waals surface area contributed by atoms with E-state index in [4.69, 9.17) is 0 Å². The number of hydrogen-bond donors (Lipinski definition) is 2. The lowest BCUT2D eigenvalue weighted by atomic mass is 10.2. The van der Waals surface area contributed by atoms with Crippen LogP contribution in [0.3, 0.4) is 0 Å². The second-order valence-corrected chi connectivity index (χ2v) is 7.53. The van der Waals surface area contributed by atoms with E-state index in [0.29, 0.717) is 11.8 Å². The van der Waals surface area contributed by atoms with Crippen molar-refractivity contribution in [1.29, 1.82) is 0 Å². The van der Waals surface area contributed by atoms with Crippen LogP contribution in [0.2, 0.25) is 0 Å². The molecule has 1 amide bonds. The number of nitrogens with one attached hydrogen (secondary N) is 2. The van der Waals surface area contributed by atoms with Crippen LogP contribution in [0.5, 0.6) is 0 Å². The number of amides is 1. The quantitative estimate of drug-likeness (QED) is 0.822. The summed E-state index contributed by atoms with van der Waals surface area (Å²) in [5.74, 6) is -3.79. The lowest BCUT2D eigenvalue weighted by molar-refractivity contribution is -0.118. The van der Waals surface area contributed by atoms with Gasteiger partial charge in [0.1, 0.15) is 11.6 Å². The second-order valence-electron chi connectivity index (χ2n) is 5.76. The lowest BCUT2D eigenvalue weighted by Gasteiger charge is -2.14. The van der Waals surface area contributed by atoms with Gasteiger partial charge in [-0.1, -0.05) is 24.6 Å². The van der Waals surface area contributed by atoms with Crippen molar-refractivity contribution in [3.63, 3.8) is 0 Å². The van der Waals surface area contributed by atoms with E-state index >= 15 is 0 Å². The predicted octanol–water partition coefficient (Wildman–Crippen LogP) is 3.29. The molecule has 0 heterocycles. The molecule has 134 valence electrons. The molecule has 2 rings (SSSR count). The Morgan fingerprint density at radius 3 is 2.36 bits per heavy atom. The van der Waals surface area contributed by atoms with E-state index in [1.807, 2.05) is 6.92 Å². The van der Waals surface area contributed by atoms with Gasteiger partial charge in [-0.15, -0.1) is 0 Å². The molecule has 0 spiro atoms. The van der Waals surface area contributed by atoms with E-state index in [2.05, 4.69) is 10.0 Å². The number of halogens is 2. The maximum absolute atomic E-state index is 13.5. The third-order valence-electron chi connectivity index (χ3n) is 3.43. The zero-order valence-corrected chi connectivity index (χ0v) is 14.5. The smallest absolute Gasteiger partial charge is 0.233 e. The van der Waals surface area contributed by atoms with Crippen LogP contribution in [0, 0.1) is 24.5 Å². The Morgan fingerprint density at radius 1 is 1.12 bits per heavy atom. The summed E-state index contributed by atoms with van der Waals surface area (Å²) in [6, 6.07) is 9.46. The third kappa shape index (κ3) is 5.53. The van der Waals surface area contributed by atoms with Crippen molar-refractivity contribution in [2.75, 3.05) is 15.8 Å². The molecule has 5 nitrogen and oxygen atoms in total. The summed E-state index contributed by atoms with van der Waals surface area (Å²) in [5, 5.41) is 2.26. The maximum Gasteiger partial charge on any atom is 0.233 e. The minimum Gasteiger partial charge on any atom is -0.323 e. The Morgan fingerprint density at radius 2 is 1.76 bits per heavy atom. The van der Waals surface area contributed by atoms with Crippen molar-refractivity contribution in [2.24, 2.45) is 5.92 Å². The van der Waals surface area contributed by atoms with E-state index in [-0.39, 0.29) is 5.69 Å². The highest BCUT2D eigenvalue weighted by atomic mass is 32.2. The lowest BCUT2D eigenvalue weighted by Crippen LogP contribution is -2.30. The summed E-state index contributed by atoms with van der Waals surface area (Å²) in [6.45, 7) is 3.28. The number of carbonyl (C=O) groups excluding carboxylic acids is 1. The molecule has 2 aromatic carbocycles.